The number of hydrogen-bond acceptors (Lipinski definition) is 5. The lowest BCUT2D eigenvalue weighted by atomic mass is 9.90. The van der Waals surface area contributed by atoms with Crippen molar-refractivity contribution in [1.82, 2.24) is 9.58 Å². The van der Waals surface area contributed by atoms with Crippen LogP contribution in [0.3, 0.4) is 0 Å². The Labute approximate surface area is 225 Å². The Morgan fingerprint density at radius 1 is 1.13 bits per heavy atom. The average molecular weight is 559 g/mol. The molecule has 0 saturated carbocycles. The predicted molar refractivity (Wildman–Crippen MR) is 137 cm³/mol. The van der Waals surface area contributed by atoms with Gasteiger partial charge in [0.15, 0.2) is 17.1 Å². The number of rotatable bonds is 2. The lowest BCUT2D eigenvalue weighted by Gasteiger charge is -2.56. The summed E-state index contributed by atoms with van der Waals surface area (Å²) in [7, 11) is 0. The summed E-state index contributed by atoms with van der Waals surface area (Å²) in [5.74, 6) is -2.51. The van der Waals surface area contributed by atoms with Crippen LogP contribution < -0.4 is 10.4 Å². The van der Waals surface area contributed by atoms with Gasteiger partial charge in [-0.2, -0.15) is 13.2 Å². The highest BCUT2D eigenvalue weighted by Crippen LogP contribution is 2.49. The number of carbonyl (C=O) groups excluding carboxylic acids is 1. The lowest BCUT2D eigenvalue weighted by molar-refractivity contribution is -0.185. The molecular weight excluding hydrogens is 536 g/mol. The number of nitrogens with zero attached hydrogens (tertiary/aromatic N) is 4. The van der Waals surface area contributed by atoms with E-state index < -0.39 is 52.5 Å². The normalized spacial score (nSPS) is 18.9. The SMILES string of the molecule is [C-]#[N+]c1cccc2c1CSc1c(F)cccc1[C@H]2N1n2ccc(=O)c(O)c2C(=O)N([C@H](C)C(F)(F)F)C1(C)C. The van der Waals surface area contributed by atoms with Crippen molar-refractivity contribution < 1.29 is 27.5 Å². The van der Waals surface area contributed by atoms with Gasteiger partial charge in [0.1, 0.15) is 17.5 Å². The van der Waals surface area contributed by atoms with Gasteiger partial charge in [-0.05, 0) is 43.5 Å². The van der Waals surface area contributed by atoms with E-state index in [0.29, 0.717) is 27.3 Å². The van der Waals surface area contributed by atoms with Gasteiger partial charge in [0.2, 0.25) is 5.43 Å². The second-order valence-electron chi connectivity index (χ2n) is 9.76. The van der Waals surface area contributed by atoms with Crippen molar-refractivity contribution in [3.05, 3.63) is 98.5 Å². The molecule has 2 aliphatic heterocycles. The van der Waals surface area contributed by atoms with E-state index in [4.69, 9.17) is 6.57 Å². The molecule has 12 heteroatoms. The summed E-state index contributed by atoms with van der Waals surface area (Å²) in [5.41, 5.74) is -1.54. The summed E-state index contributed by atoms with van der Waals surface area (Å²) in [6, 6.07) is 7.02. The van der Waals surface area contributed by atoms with E-state index in [1.54, 1.807) is 24.3 Å². The fourth-order valence-electron chi connectivity index (χ4n) is 5.45. The van der Waals surface area contributed by atoms with Crippen LogP contribution >= 0.6 is 11.8 Å². The molecule has 2 atom stereocenters. The topological polar surface area (TPSA) is 70.1 Å². The monoisotopic (exact) mass is 558 g/mol. The molecule has 0 unspecified atom stereocenters. The second kappa shape index (κ2) is 9.05. The first kappa shape index (κ1) is 26.6. The molecule has 1 amide bonds. The van der Waals surface area contributed by atoms with Crippen molar-refractivity contribution in [3.8, 4) is 5.75 Å². The molecule has 0 spiro atoms. The third-order valence-corrected chi connectivity index (χ3v) is 8.37. The van der Waals surface area contributed by atoms with Gasteiger partial charge in [-0.3, -0.25) is 19.3 Å². The summed E-state index contributed by atoms with van der Waals surface area (Å²) in [6.07, 6.45) is -3.63. The molecule has 202 valence electrons. The zero-order valence-electron chi connectivity index (χ0n) is 21.0. The highest BCUT2D eigenvalue weighted by atomic mass is 32.2. The van der Waals surface area contributed by atoms with Crippen LogP contribution in [-0.4, -0.2) is 38.5 Å². The number of benzene rings is 2. The molecular formula is C27H22F4N4O3S. The largest absolute Gasteiger partial charge is 0.502 e. The van der Waals surface area contributed by atoms with Crippen LogP contribution in [0.5, 0.6) is 5.75 Å². The molecule has 2 aromatic carbocycles. The van der Waals surface area contributed by atoms with E-state index >= 15 is 4.39 Å². The van der Waals surface area contributed by atoms with Crippen LogP contribution in [0.2, 0.25) is 0 Å². The maximum absolute atomic E-state index is 15.2. The minimum atomic E-state index is -4.84. The first-order valence-corrected chi connectivity index (χ1v) is 12.8. The first-order valence-electron chi connectivity index (χ1n) is 11.9. The number of aromatic hydroxyl groups is 1. The van der Waals surface area contributed by atoms with Gasteiger partial charge in [0, 0.05) is 22.9 Å². The summed E-state index contributed by atoms with van der Waals surface area (Å²) in [6.45, 7) is 11.3. The summed E-state index contributed by atoms with van der Waals surface area (Å²) in [5, 5.41) is 12.1. The summed E-state index contributed by atoms with van der Waals surface area (Å²) in [4.78, 5) is 30.4. The minimum absolute atomic E-state index is 0.219. The second-order valence-corrected chi connectivity index (χ2v) is 10.7. The Bertz CT molecular complexity index is 1610. The molecule has 3 heterocycles. The number of aromatic nitrogens is 1. The lowest BCUT2D eigenvalue weighted by Crippen LogP contribution is -2.71. The van der Waals surface area contributed by atoms with Crippen LogP contribution in [-0.2, 0) is 5.75 Å². The van der Waals surface area contributed by atoms with Crippen LogP contribution in [0, 0.1) is 12.4 Å². The van der Waals surface area contributed by atoms with Gasteiger partial charge in [0.25, 0.3) is 5.91 Å². The zero-order chi connectivity index (χ0) is 28.4. The molecule has 0 aliphatic carbocycles. The van der Waals surface area contributed by atoms with Crippen molar-refractivity contribution in [3.63, 3.8) is 0 Å². The van der Waals surface area contributed by atoms with Crippen LogP contribution in [0.15, 0.2) is 58.4 Å². The Hall–Kier alpha value is -3.98. The summed E-state index contributed by atoms with van der Waals surface area (Å²) >= 11 is 1.16. The van der Waals surface area contributed by atoms with E-state index in [0.717, 1.165) is 24.8 Å². The molecule has 7 nitrogen and oxygen atoms in total. The number of pyridine rings is 1. The van der Waals surface area contributed by atoms with Gasteiger partial charge in [-0.15, -0.1) is 11.8 Å². The van der Waals surface area contributed by atoms with Gasteiger partial charge in [-0.25, -0.2) is 9.24 Å². The van der Waals surface area contributed by atoms with E-state index in [2.05, 4.69) is 4.85 Å². The highest BCUT2D eigenvalue weighted by molar-refractivity contribution is 7.98. The quantitative estimate of drug-likeness (QED) is 0.322. The Balaban J connectivity index is 1.91. The Morgan fingerprint density at radius 2 is 1.79 bits per heavy atom. The molecule has 1 N–H and O–H groups in total. The van der Waals surface area contributed by atoms with Crippen molar-refractivity contribution in [2.75, 3.05) is 5.01 Å². The van der Waals surface area contributed by atoms with Gasteiger partial charge >= 0.3 is 6.18 Å². The number of carbonyl (C=O) groups is 1. The standard InChI is InChI=1S/C27H22F4N4O3S/c1-14(27(29,30)31)34-25(38)22-23(37)20(36)11-12-33(22)35(26(34,2)3)21-15-7-6-10-19(32-4)17(15)13-39-24-16(21)8-5-9-18(24)28/h5-12,14,21,37H,13H2,1-3H3/t14-,21+/m1/s1. The van der Waals surface area contributed by atoms with E-state index in [1.165, 1.54) is 41.9 Å². The number of alkyl halides is 3. The fraction of sp³-hybridized carbons (Fsp3) is 0.296. The maximum atomic E-state index is 15.2. The van der Waals surface area contributed by atoms with Crippen LogP contribution in [0.1, 0.15) is 54.0 Å². The number of hydrogen-bond donors (Lipinski definition) is 1. The third kappa shape index (κ3) is 3.95. The van der Waals surface area contributed by atoms with E-state index in [-0.39, 0.29) is 10.6 Å². The third-order valence-electron chi connectivity index (χ3n) is 7.22. The average Bonchev–Trinajstić information content (AvgIpc) is 3.03. The molecule has 3 aromatic rings. The van der Waals surface area contributed by atoms with Crippen molar-refractivity contribution in [2.24, 2.45) is 0 Å². The van der Waals surface area contributed by atoms with Crippen molar-refractivity contribution in [2.45, 2.75) is 55.3 Å². The molecule has 5 rings (SSSR count). The van der Waals surface area contributed by atoms with Crippen LogP contribution in [0.25, 0.3) is 4.85 Å². The predicted octanol–water partition coefficient (Wildman–Crippen LogP) is 5.72. The first-order chi connectivity index (χ1) is 18.3. The summed E-state index contributed by atoms with van der Waals surface area (Å²) < 4.78 is 58.8. The Morgan fingerprint density at radius 3 is 2.46 bits per heavy atom. The number of amides is 1. The van der Waals surface area contributed by atoms with E-state index in [1.807, 2.05) is 0 Å². The fourth-order valence-corrected chi connectivity index (χ4v) is 6.60. The molecule has 2 aliphatic rings. The number of thioether (sulfide) groups is 1. The number of fused-ring (bicyclic) bond motifs is 3. The molecule has 1 aromatic heterocycles. The number of halogens is 4. The molecule has 0 radical (unpaired) electrons. The minimum Gasteiger partial charge on any atom is -0.502 e. The Kier molecular flexibility index (Phi) is 6.18. The molecule has 39 heavy (non-hydrogen) atoms. The van der Waals surface area contributed by atoms with Crippen molar-refractivity contribution in [1.29, 1.82) is 0 Å². The van der Waals surface area contributed by atoms with Gasteiger partial charge < -0.3 is 10.0 Å². The maximum Gasteiger partial charge on any atom is 0.408 e. The smallest absolute Gasteiger partial charge is 0.408 e. The van der Waals surface area contributed by atoms with E-state index in [9.17, 15) is 27.9 Å². The van der Waals surface area contributed by atoms with Gasteiger partial charge in [-0.1, -0.05) is 30.3 Å². The zero-order valence-corrected chi connectivity index (χ0v) is 21.8. The van der Waals surface area contributed by atoms with Crippen LogP contribution in [0.4, 0.5) is 23.2 Å². The van der Waals surface area contributed by atoms with Gasteiger partial charge in [0.05, 0.1) is 12.6 Å². The molecule has 0 saturated heterocycles. The van der Waals surface area contributed by atoms with Crippen molar-refractivity contribution >= 4 is 23.4 Å². The highest BCUT2D eigenvalue weighted by Gasteiger charge is 2.56. The molecule has 0 fully saturated rings. The molecule has 0 bridgehead atoms.